The second-order valence-corrected chi connectivity index (χ2v) is 5.66. The Bertz CT molecular complexity index is 768. The molecule has 0 aliphatic carbocycles. The number of alkyl halides is 3. The van der Waals surface area contributed by atoms with Gasteiger partial charge in [0.15, 0.2) is 5.82 Å². The lowest BCUT2D eigenvalue weighted by Gasteiger charge is -2.12. The summed E-state index contributed by atoms with van der Waals surface area (Å²) in [5.74, 6) is -2.56. The molecule has 0 aliphatic rings. The molecule has 2 nitrogen and oxygen atoms in total. The molecule has 0 saturated heterocycles. The van der Waals surface area contributed by atoms with E-state index >= 15 is 0 Å². The SMILES string of the molecule is N#Cc1c(Oc2cc(F)cc(Cl)c2)ccc(SC(F)(F)F)c1F. The van der Waals surface area contributed by atoms with Crippen LogP contribution in [0.4, 0.5) is 22.0 Å². The third kappa shape index (κ3) is 4.50. The van der Waals surface area contributed by atoms with Crippen LogP contribution < -0.4 is 4.74 Å². The Morgan fingerprint density at radius 2 is 1.83 bits per heavy atom. The predicted molar refractivity (Wildman–Crippen MR) is 74.5 cm³/mol. The van der Waals surface area contributed by atoms with Gasteiger partial charge in [-0.3, -0.25) is 0 Å². The van der Waals surface area contributed by atoms with Crippen LogP contribution in [0.3, 0.4) is 0 Å². The Morgan fingerprint density at radius 3 is 2.39 bits per heavy atom. The number of nitrogens with zero attached hydrogens (tertiary/aromatic N) is 1. The molecular formula is C14H5ClF5NOS. The minimum Gasteiger partial charge on any atom is -0.456 e. The maximum absolute atomic E-state index is 14.0. The first-order chi connectivity index (χ1) is 10.7. The molecule has 0 radical (unpaired) electrons. The third-order valence-corrected chi connectivity index (χ3v) is 3.45. The third-order valence-electron chi connectivity index (χ3n) is 2.47. The molecule has 0 unspecified atom stereocenters. The van der Waals surface area contributed by atoms with E-state index in [0.29, 0.717) is 0 Å². The number of thioether (sulfide) groups is 1. The summed E-state index contributed by atoms with van der Waals surface area (Å²) >= 11 is 4.95. The van der Waals surface area contributed by atoms with E-state index in [-0.39, 0.29) is 16.5 Å². The van der Waals surface area contributed by atoms with Crippen LogP contribution in [0.15, 0.2) is 35.2 Å². The molecule has 2 aromatic rings. The molecule has 0 N–H and O–H groups in total. The van der Waals surface area contributed by atoms with Gasteiger partial charge in [-0.2, -0.15) is 18.4 Å². The maximum Gasteiger partial charge on any atom is 0.446 e. The summed E-state index contributed by atoms with van der Waals surface area (Å²) in [5.41, 5.74) is -5.42. The fourth-order valence-corrected chi connectivity index (χ4v) is 2.44. The molecule has 120 valence electrons. The van der Waals surface area contributed by atoms with Crippen LogP contribution in [0.5, 0.6) is 11.5 Å². The van der Waals surface area contributed by atoms with Gasteiger partial charge in [0, 0.05) is 11.1 Å². The van der Waals surface area contributed by atoms with Gasteiger partial charge in [-0.25, -0.2) is 8.78 Å². The number of ether oxygens (including phenoxy) is 1. The average molecular weight is 366 g/mol. The molecule has 23 heavy (non-hydrogen) atoms. The van der Waals surface area contributed by atoms with E-state index < -0.39 is 39.4 Å². The molecule has 0 heterocycles. The number of rotatable bonds is 3. The lowest BCUT2D eigenvalue weighted by molar-refractivity contribution is -0.0329. The summed E-state index contributed by atoms with van der Waals surface area (Å²) in [4.78, 5) is -0.765. The topological polar surface area (TPSA) is 33.0 Å². The van der Waals surface area contributed by atoms with Gasteiger partial charge in [0.2, 0.25) is 0 Å². The molecule has 0 saturated carbocycles. The second kappa shape index (κ2) is 6.64. The molecule has 0 aliphatic heterocycles. The van der Waals surface area contributed by atoms with Gasteiger partial charge < -0.3 is 4.74 Å². The van der Waals surface area contributed by atoms with Gasteiger partial charge in [-0.05, 0) is 36.0 Å². The van der Waals surface area contributed by atoms with E-state index in [0.717, 1.165) is 24.3 Å². The lowest BCUT2D eigenvalue weighted by atomic mass is 10.2. The smallest absolute Gasteiger partial charge is 0.446 e. The normalized spacial score (nSPS) is 11.2. The molecule has 0 fully saturated rings. The van der Waals surface area contributed by atoms with Crippen LogP contribution in [0.2, 0.25) is 5.02 Å². The van der Waals surface area contributed by atoms with E-state index in [1.807, 2.05) is 0 Å². The summed E-state index contributed by atoms with van der Waals surface area (Å²) in [5, 5.41) is 8.95. The van der Waals surface area contributed by atoms with Crippen LogP contribution in [0, 0.1) is 23.0 Å². The van der Waals surface area contributed by atoms with Crippen molar-refractivity contribution in [1.29, 1.82) is 5.26 Å². The minimum atomic E-state index is -4.70. The highest BCUT2D eigenvalue weighted by atomic mass is 35.5. The number of benzene rings is 2. The largest absolute Gasteiger partial charge is 0.456 e. The molecule has 2 rings (SSSR count). The van der Waals surface area contributed by atoms with E-state index in [1.165, 1.54) is 12.1 Å². The van der Waals surface area contributed by atoms with Gasteiger partial charge in [0.05, 0.1) is 4.90 Å². The van der Waals surface area contributed by atoms with Crippen LogP contribution in [-0.2, 0) is 0 Å². The van der Waals surface area contributed by atoms with Crippen molar-refractivity contribution in [2.24, 2.45) is 0 Å². The average Bonchev–Trinajstić information content (AvgIpc) is 2.40. The monoisotopic (exact) mass is 365 g/mol. The summed E-state index contributed by atoms with van der Waals surface area (Å²) in [6.45, 7) is 0. The quantitative estimate of drug-likeness (QED) is 0.502. The Morgan fingerprint density at radius 1 is 1.13 bits per heavy atom. The molecule has 0 spiro atoms. The zero-order valence-corrected chi connectivity index (χ0v) is 12.5. The van der Waals surface area contributed by atoms with E-state index in [2.05, 4.69) is 0 Å². The molecule has 0 atom stereocenters. The van der Waals surface area contributed by atoms with Gasteiger partial charge >= 0.3 is 5.51 Å². The van der Waals surface area contributed by atoms with Crippen molar-refractivity contribution < 1.29 is 26.7 Å². The van der Waals surface area contributed by atoms with Crippen molar-refractivity contribution in [2.75, 3.05) is 0 Å². The first kappa shape index (κ1) is 17.4. The highest BCUT2D eigenvalue weighted by Crippen LogP contribution is 2.41. The van der Waals surface area contributed by atoms with E-state index in [4.69, 9.17) is 21.6 Å². The van der Waals surface area contributed by atoms with Gasteiger partial charge in [-0.15, -0.1) is 0 Å². The first-order valence-corrected chi connectivity index (χ1v) is 7.01. The molecule has 0 bridgehead atoms. The highest BCUT2D eigenvalue weighted by Gasteiger charge is 2.32. The Balaban J connectivity index is 2.40. The van der Waals surface area contributed by atoms with Crippen molar-refractivity contribution in [2.45, 2.75) is 10.4 Å². The number of halogens is 6. The molecule has 0 amide bonds. The Kier molecular flexibility index (Phi) is 5.02. The Hall–Kier alpha value is -1.98. The minimum absolute atomic E-state index is 0.00299. The fourth-order valence-electron chi connectivity index (χ4n) is 1.65. The number of hydrogen-bond donors (Lipinski definition) is 0. The van der Waals surface area contributed by atoms with Crippen LogP contribution >= 0.6 is 23.4 Å². The fraction of sp³-hybridized carbons (Fsp3) is 0.0714. The number of nitriles is 1. The van der Waals surface area contributed by atoms with Gasteiger partial charge in [0.25, 0.3) is 0 Å². The number of hydrogen-bond acceptors (Lipinski definition) is 3. The molecular weight excluding hydrogens is 361 g/mol. The second-order valence-electron chi connectivity index (χ2n) is 4.12. The Labute approximate surface area is 136 Å². The first-order valence-electron chi connectivity index (χ1n) is 5.82. The van der Waals surface area contributed by atoms with Crippen molar-refractivity contribution in [1.82, 2.24) is 0 Å². The summed E-state index contributed by atoms with van der Waals surface area (Å²) in [6.07, 6.45) is 0. The van der Waals surface area contributed by atoms with Crippen LogP contribution in [-0.4, -0.2) is 5.51 Å². The van der Waals surface area contributed by atoms with Crippen LogP contribution in [0.1, 0.15) is 5.56 Å². The molecule has 9 heteroatoms. The van der Waals surface area contributed by atoms with E-state index in [9.17, 15) is 22.0 Å². The van der Waals surface area contributed by atoms with E-state index in [1.54, 1.807) is 0 Å². The predicted octanol–water partition coefficient (Wildman–Crippen LogP) is 5.89. The van der Waals surface area contributed by atoms with Crippen molar-refractivity contribution >= 4 is 23.4 Å². The zero-order chi connectivity index (χ0) is 17.2. The van der Waals surface area contributed by atoms with Crippen molar-refractivity contribution in [3.63, 3.8) is 0 Å². The maximum atomic E-state index is 14.0. The summed E-state index contributed by atoms with van der Waals surface area (Å²) in [7, 11) is 0. The van der Waals surface area contributed by atoms with Crippen LogP contribution in [0.25, 0.3) is 0 Å². The van der Waals surface area contributed by atoms with Crippen molar-refractivity contribution in [3.05, 3.63) is 52.6 Å². The standard InChI is InChI=1S/C14H5ClF5NOS/c15-7-3-8(16)5-9(4-7)22-11-1-2-12(23-14(18,19)20)13(17)10(11)6-21/h1-5H. The van der Waals surface area contributed by atoms with Crippen molar-refractivity contribution in [3.8, 4) is 17.6 Å². The zero-order valence-electron chi connectivity index (χ0n) is 10.9. The summed E-state index contributed by atoms with van der Waals surface area (Å²) < 4.78 is 69.3. The van der Waals surface area contributed by atoms with Gasteiger partial charge in [0.1, 0.15) is 28.9 Å². The highest BCUT2D eigenvalue weighted by molar-refractivity contribution is 8.00. The molecule has 0 aromatic heterocycles. The molecule has 2 aromatic carbocycles. The lowest BCUT2D eigenvalue weighted by Crippen LogP contribution is -2.02. The van der Waals surface area contributed by atoms with Gasteiger partial charge in [-0.1, -0.05) is 11.6 Å². The summed E-state index contributed by atoms with van der Waals surface area (Å²) in [6, 6.07) is 6.40.